The first-order valence-corrected chi connectivity index (χ1v) is 7.38. The largest absolute Gasteiger partial charge is 0.389 e. The molecule has 1 fully saturated rings. The Morgan fingerprint density at radius 2 is 2.28 bits per heavy atom. The van der Waals surface area contributed by atoms with Gasteiger partial charge in [-0.2, -0.15) is 0 Å². The number of aromatic nitrogens is 1. The zero-order chi connectivity index (χ0) is 13.2. The van der Waals surface area contributed by atoms with Gasteiger partial charge in [-0.1, -0.05) is 0 Å². The van der Waals surface area contributed by atoms with E-state index in [1.54, 1.807) is 11.3 Å². The maximum absolute atomic E-state index is 9.90. The lowest BCUT2D eigenvalue weighted by Crippen LogP contribution is -2.54. The highest BCUT2D eigenvalue weighted by atomic mass is 32.1. The van der Waals surface area contributed by atoms with Crippen LogP contribution in [0, 0.1) is 0 Å². The van der Waals surface area contributed by atoms with Gasteiger partial charge in [0.05, 0.1) is 11.1 Å². The van der Waals surface area contributed by atoms with E-state index in [9.17, 15) is 5.11 Å². The van der Waals surface area contributed by atoms with E-state index in [1.165, 1.54) is 4.88 Å². The topological polar surface area (TPSA) is 39.6 Å². The minimum atomic E-state index is -0.603. The highest BCUT2D eigenvalue weighted by Crippen LogP contribution is 2.17. The third-order valence-electron chi connectivity index (χ3n) is 3.30. The number of β-amino-alcohol motifs (C(OH)–C–C–N with tert-alkyl or cyclic N) is 1. The van der Waals surface area contributed by atoms with Gasteiger partial charge in [-0.25, -0.2) is 0 Å². The Morgan fingerprint density at radius 3 is 2.83 bits per heavy atom. The van der Waals surface area contributed by atoms with Crippen LogP contribution in [0.2, 0.25) is 0 Å². The van der Waals surface area contributed by atoms with Crippen molar-refractivity contribution in [3.8, 4) is 0 Å². The molecule has 0 amide bonds. The van der Waals surface area contributed by atoms with Crippen molar-refractivity contribution in [2.45, 2.75) is 39.0 Å². The molecule has 2 rings (SSSR count). The molecule has 102 valence electrons. The second kappa shape index (κ2) is 5.65. The highest BCUT2D eigenvalue weighted by Gasteiger charge is 2.27. The van der Waals surface area contributed by atoms with Gasteiger partial charge in [0, 0.05) is 49.8 Å². The summed E-state index contributed by atoms with van der Waals surface area (Å²) in [7, 11) is 0. The zero-order valence-electron chi connectivity index (χ0n) is 11.5. The Balaban J connectivity index is 1.84. The molecule has 1 aliphatic rings. The minimum Gasteiger partial charge on any atom is -0.389 e. The first-order chi connectivity index (χ1) is 8.44. The van der Waals surface area contributed by atoms with Gasteiger partial charge in [-0.05, 0) is 20.8 Å². The van der Waals surface area contributed by atoms with E-state index >= 15 is 0 Å². The molecular formula is C13H23N3OS. The van der Waals surface area contributed by atoms with E-state index < -0.39 is 5.60 Å². The summed E-state index contributed by atoms with van der Waals surface area (Å²) in [6, 6.07) is 0.498. The van der Waals surface area contributed by atoms with Crippen molar-refractivity contribution in [2.24, 2.45) is 0 Å². The first kappa shape index (κ1) is 13.9. The number of piperazine rings is 1. The van der Waals surface area contributed by atoms with E-state index in [1.807, 2.05) is 25.6 Å². The number of rotatable bonds is 4. The SMILES string of the molecule is C[C@H]1CN(Cc2cncs2)CCN1CC(C)(C)O. The molecule has 0 unspecified atom stereocenters. The summed E-state index contributed by atoms with van der Waals surface area (Å²) in [4.78, 5) is 10.3. The molecule has 0 aliphatic carbocycles. The number of aliphatic hydroxyl groups is 1. The lowest BCUT2D eigenvalue weighted by Gasteiger charge is -2.41. The van der Waals surface area contributed by atoms with Gasteiger partial charge >= 0.3 is 0 Å². The summed E-state index contributed by atoms with van der Waals surface area (Å²) in [5, 5.41) is 9.90. The molecule has 5 heteroatoms. The maximum atomic E-state index is 9.90. The summed E-state index contributed by atoms with van der Waals surface area (Å²) >= 11 is 1.72. The Morgan fingerprint density at radius 1 is 1.50 bits per heavy atom. The van der Waals surface area contributed by atoms with Crippen LogP contribution in [0.1, 0.15) is 25.6 Å². The Labute approximate surface area is 113 Å². The monoisotopic (exact) mass is 269 g/mol. The van der Waals surface area contributed by atoms with Gasteiger partial charge in [-0.15, -0.1) is 11.3 Å². The Hall–Kier alpha value is -0.490. The van der Waals surface area contributed by atoms with E-state index in [0.29, 0.717) is 6.04 Å². The van der Waals surface area contributed by atoms with E-state index in [0.717, 1.165) is 32.7 Å². The molecule has 1 aromatic rings. The Kier molecular flexibility index (Phi) is 4.37. The molecule has 1 saturated heterocycles. The molecule has 4 nitrogen and oxygen atoms in total. The molecule has 1 N–H and O–H groups in total. The predicted octanol–water partition coefficient (Wildman–Crippen LogP) is 1.42. The summed E-state index contributed by atoms with van der Waals surface area (Å²) in [6.45, 7) is 10.9. The fraction of sp³-hybridized carbons (Fsp3) is 0.769. The summed E-state index contributed by atoms with van der Waals surface area (Å²) in [6.07, 6.45) is 1.96. The van der Waals surface area contributed by atoms with Crippen LogP contribution in [-0.4, -0.2) is 57.7 Å². The fourth-order valence-corrected chi connectivity index (χ4v) is 3.12. The van der Waals surface area contributed by atoms with Gasteiger partial charge in [0.15, 0.2) is 0 Å². The summed E-state index contributed by atoms with van der Waals surface area (Å²) in [5.41, 5.74) is 1.29. The maximum Gasteiger partial charge on any atom is 0.0794 e. The summed E-state index contributed by atoms with van der Waals surface area (Å²) in [5.74, 6) is 0. The second-order valence-electron chi connectivity index (χ2n) is 5.83. The molecule has 1 aliphatic heterocycles. The average molecular weight is 269 g/mol. The third-order valence-corrected chi connectivity index (χ3v) is 4.07. The van der Waals surface area contributed by atoms with Crippen LogP contribution in [-0.2, 0) is 6.54 Å². The number of hydrogen-bond donors (Lipinski definition) is 1. The lowest BCUT2D eigenvalue weighted by molar-refractivity contribution is -0.00490. The van der Waals surface area contributed by atoms with Crippen molar-refractivity contribution in [1.82, 2.24) is 14.8 Å². The van der Waals surface area contributed by atoms with E-state index in [2.05, 4.69) is 21.7 Å². The smallest absolute Gasteiger partial charge is 0.0794 e. The quantitative estimate of drug-likeness (QED) is 0.897. The molecule has 18 heavy (non-hydrogen) atoms. The first-order valence-electron chi connectivity index (χ1n) is 6.50. The van der Waals surface area contributed by atoms with Gasteiger partial charge < -0.3 is 5.11 Å². The molecular weight excluding hydrogens is 246 g/mol. The number of thiazole rings is 1. The van der Waals surface area contributed by atoms with Crippen LogP contribution >= 0.6 is 11.3 Å². The second-order valence-corrected chi connectivity index (χ2v) is 6.81. The van der Waals surface area contributed by atoms with E-state index in [4.69, 9.17) is 0 Å². The van der Waals surface area contributed by atoms with Crippen LogP contribution < -0.4 is 0 Å². The van der Waals surface area contributed by atoms with Crippen molar-refractivity contribution in [3.63, 3.8) is 0 Å². The third kappa shape index (κ3) is 4.02. The molecule has 0 radical (unpaired) electrons. The van der Waals surface area contributed by atoms with Gasteiger partial charge in [0.1, 0.15) is 0 Å². The number of hydrogen-bond acceptors (Lipinski definition) is 5. The average Bonchev–Trinajstić information content (AvgIpc) is 2.73. The normalized spacial score (nSPS) is 23.4. The minimum absolute atomic E-state index is 0.498. The molecule has 1 atom stereocenters. The highest BCUT2D eigenvalue weighted by molar-refractivity contribution is 7.09. The van der Waals surface area contributed by atoms with Crippen molar-refractivity contribution >= 4 is 11.3 Å². The summed E-state index contributed by atoms with van der Waals surface area (Å²) < 4.78 is 0. The van der Waals surface area contributed by atoms with Gasteiger partial charge in [0.25, 0.3) is 0 Å². The van der Waals surface area contributed by atoms with Crippen LogP contribution in [0.3, 0.4) is 0 Å². The lowest BCUT2D eigenvalue weighted by atomic mass is 10.1. The van der Waals surface area contributed by atoms with Crippen molar-refractivity contribution in [3.05, 3.63) is 16.6 Å². The molecule has 0 bridgehead atoms. The molecule has 1 aromatic heterocycles. The van der Waals surface area contributed by atoms with Crippen LogP contribution in [0.4, 0.5) is 0 Å². The van der Waals surface area contributed by atoms with Crippen molar-refractivity contribution in [1.29, 1.82) is 0 Å². The predicted molar refractivity (Wildman–Crippen MR) is 74.7 cm³/mol. The van der Waals surface area contributed by atoms with Crippen LogP contribution in [0.15, 0.2) is 11.7 Å². The molecule has 0 aromatic carbocycles. The van der Waals surface area contributed by atoms with Crippen molar-refractivity contribution < 1.29 is 5.11 Å². The standard InChI is InChI=1S/C13H23N3OS/c1-11-7-15(8-12-6-14-10-18-12)4-5-16(11)9-13(2,3)17/h6,10-11,17H,4-5,7-9H2,1-3H3/t11-/m0/s1. The van der Waals surface area contributed by atoms with Crippen LogP contribution in [0.25, 0.3) is 0 Å². The molecule has 2 heterocycles. The zero-order valence-corrected chi connectivity index (χ0v) is 12.3. The molecule has 0 saturated carbocycles. The van der Waals surface area contributed by atoms with Gasteiger partial charge in [0.2, 0.25) is 0 Å². The fourth-order valence-electron chi connectivity index (χ4n) is 2.49. The van der Waals surface area contributed by atoms with Gasteiger partial charge in [-0.3, -0.25) is 14.8 Å². The number of nitrogens with zero attached hydrogens (tertiary/aromatic N) is 3. The molecule has 0 spiro atoms. The van der Waals surface area contributed by atoms with Crippen molar-refractivity contribution in [2.75, 3.05) is 26.2 Å². The Bertz CT molecular complexity index is 361. The van der Waals surface area contributed by atoms with E-state index in [-0.39, 0.29) is 0 Å². The van der Waals surface area contributed by atoms with Crippen LogP contribution in [0.5, 0.6) is 0 Å².